The molecule has 0 saturated heterocycles. The number of allylic oxidation sites excluding steroid dienone is 2. The number of hydrogen-bond donors (Lipinski definition) is 0. The molecular weight excluding hydrogens is 248 g/mol. The van der Waals surface area contributed by atoms with Crippen molar-refractivity contribution < 1.29 is 4.43 Å². The van der Waals surface area contributed by atoms with Crippen LogP contribution in [0, 0.1) is 6.92 Å². The maximum atomic E-state index is 6.34. The number of aryl methyl sites for hydroxylation is 1. The van der Waals surface area contributed by atoms with E-state index in [9.17, 15) is 0 Å². The van der Waals surface area contributed by atoms with Crippen LogP contribution in [0.15, 0.2) is 30.4 Å². The van der Waals surface area contributed by atoms with Crippen LogP contribution in [-0.2, 0) is 5.41 Å². The zero-order valence-electron chi connectivity index (χ0n) is 12.9. The second-order valence-corrected chi connectivity index (χ2v) is 11.4. The molecule has 19 heavy (non-hydrogen) atoms. The van der Waals surface area contributed by atoms with Crippen LogP contribution in [0.2, 0.25) is 19.6 Å². The molecule has 1 atom stereocenters. The Morgan fingerprint density at radius 1 is 1.21 bits per heavy atom. The molecule has 0 fully saturated rings. The molecule has 1 aliphatic carbocycles. The van der Waals surface area contributed by atoms with Gasteiger partial charge in [-0.3, -0.25) is 0 Å². The fourth-order valence-electron chi connectivity index (χ4n) is 2.75. The van der Waals surface area contributed by atoms with Crippen molar-refractivity contribution in [3.05, 3.63) is 41.5 Å². The average Bonchev–Trinajstić information content (AvgIpc) is 2.27. The smallest absolute Gasteiger partial charge is 0.242 e. The van der Waals surface area contributed by atoms with E-state index in [1.807, 2.05) is 0 Å². The third-order valence-electron chi connectivity index (χ3n) is 3.72. The molecule has 0 bridgehead atoms. The van der Waals surface area contributed by atoms with E-state index in [4.69, 9.17) is 4.43 Å². The van der Waals surface area contributed by atoms with Crippen molar-refractivity contribution in [3.8, 4) is 5.75 Å². The molecule has 0 aliphatic heterocycles. The van der Waals surface area contributed by atoms with Crippen molar-refractivity contribution >= 4 is 8.32 Å². The molecule has 0 spiro atoms. The molecule has 0 radical (unpaired) electrons. The van der Waals surface area contributed by atoms with Crippen LogP contribution in [0.3, 0.4) is 0 Å². The van der Waals surface area contributed by atoms with E-state index < -0.39 is 8.32 Å². The highest BCUT2D eigenvalue weighted by Crippen LogP contribution is 2.40. The number of hydrogen-bond acceptors (Lipinski definition) is 1. The van der Waals surface area contributed by atoms with Crippen molar-refractivity contribution in [1.82, 2.24) is 0 Å². The Labute approximate surface area is 118 Å². The molecular formula is C17H26OSi. The highest BCUT2D eigenvalue weighted by molar-refractivity contribution is 6.70. The summed E-state index contributed by atoms with van der Waals surface area (Å²) in [6.07, 6.45) is 8.40. The molecule has 1 unspecified atom stereocenters. The first kappa shape index (κ1) is 14.4. The Kier molecular flexibility index (Phi) is 3.91. The molecule has 1 aromatic carbocycles. The van der Waals surface area contributed by atoms with E-state index in [-0.39, 0.29) is 5.41 Å². The third-order valence-corrected chi connectivity index (χ3v) is 4.55. The lowest BCUT2D eigenvalue weighted by Gasteiger charge is -2.33. The summed E-state index contributed by atoms with van der Waals surface area (Å²) in [5, 5.41) is 0. The molecule has 0 amide bonds. The van der Waals surface area contributed by atoms with Crippen molar-refractivity contribution in [1.29, 1.82) is 0 Å². The van der Waals surface area contributed by atoms with Gasteiger partial charge in [-0.05, 0) is 57.5 Å². The van der Waals surface area contributed by atoms with Crippen LogP contribution in [0.1, 0.15) is 37.3 Å². The standard InChI is InChI=1S/C17H26OSi/c1-14-9-10-15(16(13-14)18-19(3,4)5)17(2)11-7-6-8-12-17/h7,9-11,13H,6,8,12H2,1-5H3. The van der Waals surface area contributed by atoms with Gasteiger partial charge in [-0.2, -0.15) is 0 Å². The van der Waals surface area contributed by atoms with Gasteiger partial charge in [0.1, 0.15) is 5.75 Å². The predicted octanol–water partition coefficient (Wildman–Crippen LogP) is 5.21. The van der Waals surface area contributed by atoms with Gasteiger partial charge in [0.25, 0.3) is 0 Å². The summed E-state index contributed by atoms with van der Waals surface area (Å²) in [6.45, 7) is 11.2. The minimum atomic E-state index is -1.57. The fraction of sp³-hybridized carbons (Fsp3) is 0.529. The van der Waals surface area contributed by atoms with Crippen molar-refractivity contribution in [3.63, 3.8) is 0 Å². The Bertz CT molecular complexity index is 485. The van der Waals surface area contributed by atoms with E-state index in [1.54, 1.807) is 0 Å². The molecule has 104 valence electrons. The first-order valence-corrected chi connectivity index (χ1v) is 10.7. The van der Waals surface area contributed by atoms with E-state index in [2.05, 4.69) is 63.8 Å². The van der Waals surface area contributed by atoms with Gasteiger partial charge >= 0.3 is 0 Å². The molecule has 1 nitrogen and oxygen atoms in total. The maximum Gasteiger partial charge on any atom is 0.242 e. The third kappa shape index (κ3) is 3.50. The molecule has 0 N–H and O–H groups in total. The molecule has 0 saturated carbocycles. The molecule has 2 rings (SSSR count). The summed E-state index contributed by atoms with van der Waals surface area (Å²) in [5.74, 6) is 1.10. The van der Waals surface area contributed by atoms with Crippen molar-refractivity contribution in [2.45, 2.75) is 58.2 Å². The fourth-order valence-corrected chi connectivity index (χ4v) is 3.58. The summed E-state index contributed by atoms with van der Waals surface area (Å²) >= 11 is 0. The van der Waals surface area contributed by atoms with Gasteiger partial charge in [-0.1, -0.05) is 31.2 Å². The predicted molar refractivity (Wildman–Crippen MR) is 85.5 cm³/mol. The minimum Gasteiger partial charge on any atom is -0.544 e. The SMILES string of the molecule is Cc1ccc(C2(C)C=CCCC2)c(O[Si](C)(C)C)c1. The van der Waals surface area contributed by atoms with Gasteiger partial charge in [0.05, 0.1) is 0 Å². The molecule has 1 aliphatic rings. The second kappa shape index (κ2) is 5.16. The van der Waals surface area contributed by atoms with Crippen molar-refractivity contribution in [2.75, 3.05) is 0 Å². The van der Waals surface area contributed by atoms with Crippen LogP contribution in [0.5, 0.6) is 5.75 Å². The van der Waals surface area contributed by atoms with E-state index in [0.29, 0.717) is 0 Å². The topological polar surface area (TPSA) is 9.23 Å². The second-order valence-electron chi connectivity index (χ2n) is 6.93. The van der Waals surface area contributed by atoms with Crippen LogP contribution >= 0.6 is 0 Å². The average molecular weight is 274 g/mol. The lowest BCUT2D eigenvalue weighted by atomic mass is 9.75. The van der Waals surface area contributed by atoms with Crippen LogP contribution in [0.4, 0.5) is 0 Å². The molecule has 2 heteroatoms. The Morgan fingerprint density at radius 2 is 1.95 bits per heavy atom. The Morgan fingerprint density at radius 3 is 2.53 bits per heavy atom. The Balaban J connectivity index is 2.44. The van der Waals surface area contributed by atoms with Gasteiger partial charge in [-0.15, -0.1) is 0 Å². The minimum absolute atomic E-state index is 0.140. The first-order chi connectivity index (χ1) is 8.80. The number of benzene rings is 1. The van der Waals surface area contributed by atoms with Gasteiger partial charge in [-0.25, -0.2) is 0 Å². The van der Waals surface area contributed by atoms with Crippen LogP contribution < -0.4 is 4.43 Å². The highest BCUT2D eigenvalue weighted by Gasteiger charge is 2.30. The van der Waals surface area contributed by atoms with Gasteiger partial charge in [0.2, 0.25) is 8.32 Å². The van der Waals surface area contributed by atoms with E-state index in [0.717, 1.165) is 5.75 Å². The largest absolute Gasteiger partial charge is 0.544 e. The Hall–Kier alpha value is -1.02. The number of rotatable bonds is 3. The monoisotopic (exact) mass is 274 g/mol. The van der Waals surface area contributed by atoms with Gasteiger partial charge in [0.15, 0.2) is 0 Å². The maximum absolute atomic E-state index is 6.34. The van der Waals surface area contributed by atoms with Crippen LogP contribution in [0.25, 0.3) is 0 Å². The van der Waals surface area contributed by atoms with Crippen molar-refractivity contribution in [2.24, 2.45) is 0 Å². The lowest BCUT2D eigenvalue weighted by Crippen LogP contribution is -2.31. The zero-order valence-corrected chi connectivity index (χ0v) is 13.9. The molecule has 0 heterocycles. The first-order valence-electron chi connectivity index (χ1n) is 7.28. The molecule has 1 aromatic rings. The van der Waals surface area contributed by atoms with Gasteiger partial charge < -0.3 is 4.43 Å². The van der Waals surface area contributed by atoms with E-state index in [1.165, 1.54) is 30.4 Å². The zero-order chi connectivity index (χ0) is 14.1. The summed E-state index contributed by atoms with van der Waals surface area (Å²) in [4.78, 5) is 0. The highest BCUT2D eigenvalue weighted by atomic mass is 28.4. The normalized spacial score (nSPS) is 23.4. The van der Waals surface area contributed by atoms with Gasteiger partial charge in [0, 0.05) is 11.0 Å². The summed E-state index contributed by atoms with van der Waals surface area (Å²) in [6, 6.07) is 6.68. The lowest BCUT2D eigenvalue weighted by molar-refractivity contribution is 0.466. The van der Waals surface area contributed by atoms with E-state index >= 15 is 0 Å². The quantitative estimate of drug-likeness (QED) is 0.543. The molecule has 0 aromatic heterocycles. The summed E-state index contributed by atoms with van der Waals surface area (Å²) < 4.78 is 6.34. The summed E-state index contributed by atoms with van der Waals surface area (Å²) in [5.41, 5.74) is 2.78. The van der Waals surface area contributed by atoms with Crippen LogP contribution in [-0.4, -0.2) is 8.32 Å². The summed E-state index contributed by atoms with van der Waals surface area (Å²) in [7, 11) is -1.57.